The standard InChI is InChI=1S/C52H38N2/c1-2-36-18-13-19-39(28-36)42-29-43(40-24-26-51-47(32-40)45-20-9-11-22-49(45)53(51)34-37-14-5-3-6-15-37)31-44(30-42)41-25-27-52-48(33-41)46-21-10-12-23-50(46)54(52)35-38-16-7-4-8-17-38/h2-33H,1,34-35H2. The maximum atomic E-state index is 4.06. The first-order valence-electron chi connectivity index (χ1n) is 18.7. The van der Waals surface area contributed by atoms with E-state index in [2.05, 4.69) is 204 Å². The van der Waals surface area contributed by atoms with Crippen LogP contribution in [-0.2, 0) is 13.1 Å². The van der Waals surface area contributed by atoms with Crippen LogP contribution in [0.15, 0.2) is 195 Å². The van der Waals surface area contributed by atoms with Crippen LogP contribution in [0.4, 0.5) is 0 Å². The molecule has 54 heavy (non-hydrogen) atoms. The molecule has 0 fully saturated rings. The lowest BCUT2D eigenvalue weighted by molar-refractivity contribution is 0.869. The summed E-state index contributed by atoms with van der Waals surface area (Å²) in [6.07, 6.45) is 1.92. The molecule has 0 bridgehead atoms. The molecule has 10 rings (SSSR count). The summed E-state index contributed by atoms with van der Waals surface area (Å²) in [5.41, 5.74) is 15.9. The number of nitrogens with zero attached hydrogens (tertiary/aromatic N) is 2. The van der Waals surface area contributed by atoms with Gasteiger partial charge in [0.15, 0.2) is 0 Å². The molecule has 8 aromatic carbocycles. The van der Waals surface area contributed by atoms with E-state index < -0.39 is 0 Å². The molecule has 2 heterocycles. The Balaban J connectivity index is 1.15. The molecule has 2 aromatic heterocycles. The fourth-order valence-corrected chi connectivity index (χ4v) is 8.31. The van der Waals surface area contributed by atoms with E-state index in [0.717, 1.165) is 18.7 Å². The molecule has 0 aliphatic rings. The van der Waals surface area contributed by atoms with Crippen molar-refractivity contribution in [3.8, 4) is 33.4 Å². The molecule has 0 atom stereocenters. The van der Waals surface area contributed by atoms with Crippen LogP contribution < -0.4 is 0 Å². The summed E-state index contributed by atoms with van der Waals surface area (Å²) >= 11 is 0. The predicted molar refractivity (Wildman–Crippen MR) is 230 cm³/mol. The molecule has 10 aromatic rings. The van der Waals surface area contributed by atoms with Gasteiger partial charge < -0.3 is 9.13 Å². The van der Waals surface area contributed by atoms with E-state index in [1.807, 2.05) is 6.08 Å². The van der Waals surface area contributed by atoms with Gasteiger partial charge in [-0.3, -0.25) is 0 Å². The lowest BCUT2D eigenvalue weighted by atomic mass is 9.92. The molecular weight excluding hydrogens is 653 g/mol. The molecule has 0 N–H and O–H groups in total. The Labute approximate surface area is 315 Å². The van der Waals surface area contributed by atoms with E-state index in [9.17, 15) is 0 Å². The molecule has 0 saturated carbocycles. The van der Waals surface area contributed by atoms with Gasteiger partial charge in [-0.25, -0.2) is 0 Å². The van der Waals surface area contributed by atoms with Gasteiger partial charge in [0.2, 0.25) is 0 Å². The summed E-state index contributed by atoms with van der Waals surface area (Å²) in [6.45, 7) is 5.71. The van der Waals surface area contributed by atoms with Gasteiger partial charge in [-0.2, -0.15) is 0 Å². The topological polar surface area (TPSA) is 9.86 Å². The zero-order valence-corrected chi connectivity index (χ0v) is 30.0. The molecule has 0 spiro atoms. The van der Waals surface area contributed by atoms with Crippen LogP contribution in [0.1, 0.15) is 16.7 Å². The molecular formula is C52H38N2. The number of fused-ring (bicyclic) bond motifs is 6. The van der Waals surface area contributed by atoms with Crippen LogP contribution in [0.2, 0.25) is 0 Å². The average molecular weight is 691 g/mol. The third kappa shape index (κ3) is 5.60. The van der Waals surface area contributed by atoms with E-state index >= 15 is 0 Å². The Kier molecular flexibility index (Phi) is 7.81. The number of hydrogen-bond acceptors (Lipinski definition) is 0. The maximum Gasteiger partial charge on any atom is 0.0494 e. The molecule has 0 unspecified atom stereocenters. The minimum atomic E-state index is 0.827. The van der Waals surface area contributed by atoms with Crippen LogP contribution in [0.5, 0.6) is 0 Å². The summed E-state index contributed by atoms with van der Waals surface area (Å²) < 4.78 is 4.91. The largest absolute Gasteiger partial charge is 0.336 e. The van der Waals surface area contributed by atoms with E-state index in [4.69, 9.17) is 0 Å². The van der Waals surface area contributed by atoms with Gasteiger partial charge in [0.05, 0.1) is 0 Å². The Morgan fingerprint density at radius 3 is 1.24 bits per heavy atom. The number of para-hydroxylation sites is 2. The zero-order valence-electron chi connectivity index (χ0n) is 30.0. The lowest BCUT2D eigenvalue weighted by Gasteiger charge is -2.13. The first kappa shape index (κ1) is 31.8. The third-order valence-electron chi connectivity index (χ3n) is 11.0. The van der Waals surface area contributed by atoms with E-state index in [-0.39, 0.29) is 0 Å². The van der Waals surface area contributed by atoms with Crippen LogP contribution in [0, 0.1) is 0 Å². The quantitative estimate of drug-likeness (QED) is 0.150. The van der Waals surface area contributed by atoms with Crippen molar-refractivity contribution in [1.82, 2.24) is 9.13 Å². The molecule has 0 aliphatic heterocycles. The summed E-state index contributed by atoms with van der Waals surface area (Å²) in [5, 5.41) is 5.09. The smallest absolute Gasteiger partial charge is 0.0494 e. The van der Waals surface area contributed by atoms with Gasteiger partial charge in [-0.05, 0) is 111 Å². The summed E-state index contributed by atoms with van der Waals surface area (Å²) in [5.74, 6) is 0. The number of rotatable bonds is 8. The SMILES string of the molecule is C=Cc1cccc(-c2cc(-c3ccc4c(c3)c3ccccc3n4Cc3ccccc3)cc(-c3ccc4c(c3)c3ccccc3n4Cc3ccccc3)c2)c1. The summed E-state index contributed by atoms with van der Waals surface area (Å²) in [4.78, 5) is 0. The minimum absolute atomic E-state index is 0.827. The second kappa shape index (κ2) is 13.3. The summed E-state index contributed by atoms with van der Waals surface area (Å²) in [6, 6.07) is 68.8. The van der Waals surface area contributed by atoms with Crippen molar-refractivity contribution < 1.29 is 0 Å². The van der Waals surface area contributed by atoms with Gasteiger partial charge in [0.1, 0.15) is 0 Å². The zero-order chi connectivity index (χ0) is 36.0. The highest BCUT2D eigenvalue weighted by Crippen LogP contribution is 2.39. The van der Waals surface area contributed by atoms with Gasteiger partial charge >= 0.3 is 0 Å². The monoisotopic (exact) mass is 690 g/mol. The van der Waals surface area contributed by atoms with Crippen LogP contribution >= 0.6 is 0 Å². The Hall–Kier alpha value is -6.90. The average Bonchev–Trinajstić information content (AvgIpc) is 3.72. The lowest BCUT2D eigenvalue weighted by Crippen LogP contribution is -1.99. The van der Waals surface area contributed by atoms with Crippen LogP contribution in [-0.4, -0.2) is 9.13 Å². The molecule has 2 heteroatoms. The Morgan fingerprint density at radius 1 is 0.333 bits per heavy atom. The molecule has 0 aliphatic carbocycles. The van der Waals surface area contributed by atoms with Crippen LogP contribution in [0.3, 0.4) is 0 Å². The molecule has 0 saturated heterocycles. The predicted octanol–water partition coefficient (Wildman–Crippen LogP) is 13.6. The van der Waals surface area contributed by atoms with Crippen molar-refractivity contribution in [2.75, 3.05) is 0 Å². The van der Waals surface area contributed by atoms with Gasteiger partial charge in [0, 0.05) is 56.7 Å². The van der Waals surface area contributed by atoms with E-state index in [0.29, 0.717) is 0 Å². The van der Waals surface area contributed by atoms with Crippen molar-refractivity contribution in [1.29, 1.82) is 0 Å². The van der Waals surface area contributed by atoms with Gasteiger partial charge in [-0.1, -0.05) is 140 Å². The highest BCUT2D eigenvalue weighted by Gasteiger charge is 2.16. The molecule has 0 radical (unpaired) electrons. The van der Waals surface area contributed by atoms with Crippen molar-refractivity contribution in [3.63, 3.8) is 0 Å². The van der Waals surface area contributed by atoms with E-state index in [1.165, 1.54) is 88.1 Å². The van der Waals surface area contributed by atoms with Crippen molar-refractivity contribution in [2.24, 2.45) is 0 Å². The van der Waals surface area contributed by atoms with Crippen molar-refractivity contribution in [3.05, 3.63) is 211 Å². The number of aromatic nitrogens is 2. The first-order valence-corrected chi connectivity index (χ1v) is 18.7. The highest BCUT2D eigenvalue weighted by atomic mass is 15.0. The number of benzene rings is 8. The highest BCUT2D eigenvalue weighted by molar-refractivity contribution is 6.11. The Bertz CT molecular complexity index is 2820. The molecule has 0 amide bonds. The second-order valence-corrected chi connectivity index (χ2v) is 14.3. The molecule has 2 nitrogen and oxygen atoms in total. The number of hydrogen-bond donors (Lipinski definition) is 0. The van der Waals surface area contributed by atoms with Crippen molar-refractivity contribution >= 4 is 49.7 Å². The summed E-state index contributed by atoms with van der Waals surface area (Å²) in [7, 11) is 0. The normalized spacial score (nSPS) is 11.6. The Morgan fingerprint density at radius 2 is 0.759 bits per heavy atom. The first-order chi connectivity index (χ1) is 26.7. The van der Waals surface area contributed by atoms with Crippen molar-refractivity contribution in [2.45, 2.75) is 13.1 Å². The third-order valence-corrected chi connectivity index (χ3v) is 11.0. The van der Waals surface area contributed by atoms with Gasteiger partial charge in [0.25, 0.3) is 0 Å². The minimum Gasteiger partial charge on any atom is -0.336 e. The van der Waals surface area contributed by atoms with E-state index in [1.54, 1.807) is 0 Å². The van der Waals surface area contributed by atoms with Crippen LogP contribution in [0.25, 0.3) is 83.1 Å². The second-order valence-electron chi connectivity index (χ2n) is 14.3. The fourth-order valence-electron chi connectivity index (χ4n) is 8.31. The fraction of sp³-hybridized carbons (Fsp3) is 0.0385. The van der Waals surface area contributed by atoms with Gasteiger partial charge in [-0.15, -0.1) is 0 Å². The molecule has 256 valence electrons. The maximum absolute atomic E-state index is 4.06.